The van der Waals surface area contributed by atoms with Crippen molar-refractivity contribution in [2.24, 2.45) is 0 Å². The lowest BCUT2D eigenvalue weighted by Gasteiger charge is -2.09. The Morgan fingerprint density at radius 1 is 1.22 bits per heavy atom. The van der Waals surface area contributed by atoms with Gasteiger partial charge < -0.3 is 14.5 Å². The van der Waals surface area contributed by atoms with E-state index in [2.05, 4.69) is 15.5 Å². The van der Waals surface area contributed by atoms with Crippen molar-refractivity contribution in [2.45, 2.75) is 25.5 Å². The summed E-state index contributed by atoms with van der Waals surface area (Å²) in [6, 6.07) is 9.56. The van der Waals surface area contributed by atoms with E-state index in [0.717, 1.165) is 22.6 Å². The van der Waals surface area contributed by atoms with Crippen LogP contribution in [-0.2, 0) is 16.1 Å². The highest BCUT2D eigenvalue weighted by Crippen LogP contribution is 2.27. The van der Waals surface area contributed by atoms with E-state index < -0.39 is 0 Å². The van der Waals surface area contributed by atoms with E-state index >= 15 is 0 Å². The summed E-state index contributed by atoms with van der Waals surface area (Å²) >= 11 is 1.34. The van der Waals surface area contributed by atoms with Gasteiger partial charge in [-0.05, 0) is 32.0 Å². The molecular formula is C19H22N4O3S. The topological polar surface area (TPSA) is 82.2 Å². The van der Waals surface area contributed by atoms with Crippen LogP contribution in [0, 0.1) is 13.8 Å². The molecule has 3 aromatic rings. The van der Waals surface area contributed by atoms with E-state index in [-0.39, 0.29) is 11.7 Å². The standard InChI is InChI=1S/C19H22N4O3S/c1-13-4-6-15(7-5-13)20-17(24)12-27-19-22-21-18(23(19)9-11-25-3)16-8-10-26-14(16)2/h4-8,10H,9,11-12H2,1-3H3,(H,20,24). The molecule has 0 aliphatic rings. The van der Waals surface area contributed by atoms with Gasteiger partial charge in [-0.2, -0.15) is 0 Å². The van der Waals surface area contributed by atoms with Crippen LogP contribution in [0.3, 0.4) is 0 Å². The summed E-state index contributed by atoms with van der Waals surface area (Å²) in [6.07, 6.45) is 1.63. The molecule has 2 aromatic heterocycles. The second-order valence-corrected chi connectivity index (χ2v) is 6.99. The second-order valence-electron chi connectivity index (χ2n) is 6.04. The number of benzene rings is 1. The third kappa shape index (κ3) is 4.78. The molecule has 1 aromatic carbocycles. The Bertz CT molecular complexity index is 902. The lowest BCUT2D eigenvalue weighted by atomic mass is 10.2. The highest BCUT2D eigenvalue weighted by molar-refractivity contribution is 7.99. The molecule has 0 saturated heterocycles. The number of anilines is 1. The number of nitrogens with one attached hydrogen (secondary N) is 1. The molecule has 1 N–H and O–H groups in total. The number of nitrogens with zero attached hydrogens (tertiary/aromatic N) is 3. The first-order chi connectivity index (χ1) is 13.1. The first-order valence-corrected chi connectivity index (χ1v) is 9.53. The van der Waals surface area contributed by atoms with Crippen LogP contribution in [0.4, 0.5) is 5.69 Å². The van der Waals surface area contributed by atoms with Gasteiger partial charge in [0.25, 0.3) is 0 Å². The van der Waals surface area contributed by atoms with Crippen LogP contribution in [0.25, 0.3) is 11.4 Å². The van der Waals surface area contributed by atoms with Gasteiger partial charge in [-0.1, -0.05) is 29.5 Å². The summed E-state index contributed by atoms with van der Waals surface area (Å²) in [7, 11) is 1.65. The lowest BCUT2D eigenvalue weighted by Crippen LogP contribution is -2.15. The molecule has 0 fully saturated rings. The molecule has 0 radical (unpaired) electrons. The number of hydrogen-bond acceptors (Lipinski definition) is 6. The molecule has 3 rings (SSSR count). The van der Waals surface area contributed by atoms with Crippen molar-refractivity contribution in [3.05, 3.63) is 47.9 Å². The highest BCUT2D eigenvalue weighted by atomic mass is 32.2. The summed E-state index contributed by atoms with van der Waals surface area (Å²) in [5.74, 6) is 1.63. The fourth-order valence-corrected chi connectivity index (χ4v) is 3.32. The number of aryl methyl sites for hydroxylation is 2. The zero-order chi connectivity index (χ0) is 19.2. The molecule has 0 unspecified atom stereocenters. The van der Waals surface area contributed by atoms with E-state index in [4.69, 9.17) is 9.15 Å². The quantitative estimate of drug-likeness (QED) is 0.597. The summed E-state index contributed by atoms with van der Waals surface area (Å²) in [5, 5.41) is 12.1. The van der Waals surface area contributed by atoms with Crippen molar-refractivity contribution < 1.29 is 13.9 Å². The van der Waals surface area contributed by atoms with Crippen molar-refractivity contribution in [2.75, 3.05) is 24.8 Å². The first-order valence-electron chi connectivity index (χ1n) is 8.54. The minimum atomic E-state index is -0.0915. The second kappa shape index (κ2) is 8.88. The molecule has 0 atom stereocenters. The van der Waals surface area contributed by atoms with Gasteiger partial charge in [0, 0.05) is 12.8 Å². The van der Waals surface area contributed by atoms with Gasteiger partial charge >= 0.3 is 0 Å². The zero-order valence-electron chi connectivity index (χ0n) is 15.6. The van der Waals surface area contributed by atoms with Crippen molar-refractivity contribution in [3.63, 3.8) is 0 Å². The third-order valence-electron chi connectivity index (χ3n) is 4.00. The molecular weight excluding hydrogens is 364 g/mol. The van der Waals surface area contributed by atoms with Crippen LogP contribution in [0.2, 0.25) is 0 Å². The number of carbonyl (C=O) groups excluding carboxylic acids is 1. The molecule has 0 aliphatic heterocycles. The van der Waals surface area contributed by atoms with Crippen LogP contribution < -0.4 is 5.32 Å². The Hall–Kier alpha value is -2.58. The SMILES string of the molecule is COCCn1c(SCC(=O)Nc2ccc(C)cc2)nnc1-c1ccoc1C. The fraction of sp³-hybridized carbons (Fsp3) is 0.316. The van der Waals surface area contributed by atoms with Gasteiger partial charge in [0.2, 0.25) is 5.91 Å². The molecule has 0 saturated carbocycles. The van der Waals surface area contributed by atoms with Crippen LogP contribution in [0.1, 0.15) is 11.3 Å². The summed E-state index contributed by atoms with van der Waals surface area (Å²) < 4.78 is 12.5. The first kappa shape index (κ1) is 19.2. The van der Waals surface area contributed by atoms with Gasteiger partial charge in [0.15, 0.2) is 11.0 Å². The average molecular weight is 386 g/mol. The van der Waals surface area contributed by atoms with Gasteiger partial charge in [-0.3, -0.25) is 9.36 Å². The number of ether oxygens (including phenoxy) is 1. The molecule has 27 heavy (non-hydrogen) atoms. The molecule has 0 aliphatic carbocycles. The maximum atomic E-state index is 12.3. The smallest absolute Gasteiger partial charge is 0.234 e. The van der Waals surface area contributed by atoms with Crippen LogP contribution >= 0.6 is 11.8 Å². The van der Waals surface area contributed by atoms with Crippen LogP contribution in [0.15, 0.2) is 46.2 Å². The highest BCUT2D eigenvalue weighted by Gasteiger charge is 2.18. The van der Waals surface area contributed by atoms with E-state index in [9.17, 15) is 4.79 Å². The van der Waals surface area contributed by atoms with Crippen LogP contribution in [-0.4, -0.2) is 40.1 Å². The van der Waals surface area contributed by atoms with Crippen molar-refractivity contribution in [1.29, 1.82) is 0 Å². The van der Waals surface area contributed by atoms with Gasteiger partial charge in [0.05, 0.1) is 30.7 Å². The number of hydrogen-bond donors (Lipinski definition) is 1. The van der Waals surface area contributed by atoms with E-state index in [1.54, 1.807) is 13.4 Å². The predicted molar refractivity (Wildman–Crippen MR) is 105 cm³/mol. The van der Waals surface area contributed by atoms with E-state index in [1.807, 2.05) is 48.7 Å². The molecule has 0 bridgehead atoms. The minimum absolute atomic E-state index is 0.0915. The number of rotatable bonds is 8. The molecule has 1 amide bonds. The lowest BCUT2D eigenvalue weighted by molar-refractivity contribution is -0.113. The Morgan fingerprint density at radius 2 is 2.00 bits per heavy atom. The Balaban J connectivity index is 1.70. The van der Waals surface area contributed by atoms with Crippen molar-refractivity contribution in [1.82, 2.24) is 14.8 Å². The number of methoxy groups -OCH3 is 1. The van der Waals surface area contributed by atoms with Gasteiger partial charge in [-0.15, -0.1) is 10.2 Å². The third-order valence-corrected chi connectivity index (χ3v) is 4.97. The van der Waals surface area contributed by atoms with Crippen LogP contribution in [0.5, 0.6) is 0 Å². The summed E-state index contributed by atoms with van der Waals surface area (Å²) in [5.41, 5.74) is 2.81. The minimum Gasteiger partial charge on any atom is -0.469 e. The number of furan rings is 1. The molecule has 142 valence electrons. The summed E-state index contributed by atoms with van der Waals surface area (Å²) in [4.78, 5) is 12.3. The molecule has 8 heteroatoms. The summed E-state index contributed by atoms with van der Waals surface area (Å²) in [6.45, 7) is 5.00. The van der Waals surface area contributed by atoms with E-state index in [1.165, 1.54) is 11.8 Å². The van der Waals surface area contributed by atoms with E-state index in [0.29, 0.717) is 24.1 Å². The molecule has 2 heterocycles. The van der Waals surface area contributed by atoms with Crippen molar-refractivity contribution in [3.8, 4) is 11.4 Å². The van der Waals surface area contributed by atoms with Crippen molar-refractivity contribution >= 4 is 23.4 Å². The predicted octanol–water partition coefficient (Wildman–Crippen LogP) is 3.53. The Kier molecular flexibility index (Phi) is 6.31. The number of aromatic nitrogens is 3. The number of amides is 1. The monoisotopic (exact) mass is 386 g/mol. The maximum absolute atomic E-state index is 12.3. The molecule has 0 spiro atoms. The Labute approximate surface area is 162 Å². The number of thioether (sulfide) groups is 1. The normalized spacial score (nSPS) is 10.9. The largest absolute Gasteiger partial charge is 0.469 e. The average Bonchev–Trinajstić information content (AvgIpc) is 3.25. The zero-order valence-corrected chi connectivity index (χ0v) is 16.4. The Morgan fingerprint density at radius 3 is 2.67 bits per heavy atom. The number of carbonyl (C=O) groups is 1. The maximum Gasteiger partial charge on any atom is 0.234 e. The molecule has 7 nitrogen and oxygen atoms in total. The van der Waals surface area contributed by atoms with Gasteiger partial charge in [0.1, 0.15) is 5.76 Å². The fourth-order valence-electron chi connectivity index (χ4n) is 2.56. The van der Waals surface area contributed by atoms with Gasteiger partial charge in [-0.25, -0.2) is 0 Å².